The van der Waals surface area contributed by atoms with Crippen LogP contribution in [0.4, 0.5) is 5.69 Å². The predicted molar refractivity (Wildman–Crippen MR) is 58.9 cm³/mol. The third kappa shape index (κ3) is 5.40. The van der Waals surface area contributed by atoms with Gasteiger partial charge in [-0.1, -0.05) is 17.7 Å². The van der Waals surface area contributed by atoms with Crippen LogP contribution in [0, 0.1) is 20.8 Å². The Kier molecular flexibility index (Phi) is 5.97. The molecule has 0 heterocycles. The third-order valence-corrected chi connectivity index (χ3v) is 2.17. The molecule has 0 spiro atoms. The van der Waals surface area contributed by atoms with Gasteiger partial charge in [-0.15, -0.1) is 11.6 Å². The minimum atomic E-state index is -1.23. The highest BCUT2D eigenvalue weighted by molar-refractivity contribution is 6.25. The molecule has 1 rings (SSSR count). The van der Waals surface area contributed by atoms with E-state index < -0.39 is 11.8 Å². The van der Waals surface area contributed by atoms with E-state index in [1.165, 1.54) is 22.4 Å². The van der Waals surface area contributed by atoms with Crippen LogP contribution in [0.3, 0.4) is 0 Å². The summed E-state index contributed by atoms with van der Waals surface area (Å²) in [6, 6.07) is 4.32. The average molecular weight is 230 g/mol. The average Bonchev–Trinajstić information content (AvgIpc) is 2.15. The molecule has 0 aromatic heterocycles. The van der Waals surface area contributed by atoms with Crippen LogP contribution < -0.4 is 10.8 Å². The number of carbonyl (C=O) groups is 1. The van der Waals surface area contributed by atoms with Crippen molar-refractivity contribution in [3.63, 3.8) is 0 Å². The number of rotatable bonds is 1. The summed E-state index contributed by atoms with van der Waals surface area (Å²) in [5.41, 5.74) is 9.03. The number of benzene rings is 1. The molecule has 0 radical (unpaired) electrons. The van der Waals surface area contributed by atoms with E-state index in [0.29, 0.717) is 0 Å². The van der Waals surface area contributed by atoms with Crippen molar-refractivity contribution in [2.75, 3.05) is 5.88 Å². The van der Waals surface area contributed by atoms with E-state index in [9.17, 15) is 0 Å². The monoisotopic (exact) mass is 229 g/mol. The van der Waals surface area contributed by atoms with Crippen LogP contribution in [0.5, 0.6) is 0 Å². The van der Waals surface area contributed by atoms with Crippen molar-refractivity contribution >= 4 is 23.3 Å². The van der Waals surface area contributed by atoms with E-state index in [-0.39, 0.29) is 0 Å². The van der Waals surface area contributed by atoms with Crippen molar-refractivity contribution in [3.05, 3.63) is 28.8 Å². The van der Waals surface area contributed by atoms with Gasteiger partial charge in [-0.25, -0.2) is 0 Å². The molecule has 0 fully saturated rings. The van der Waals surface area contributed by atoms with Crippen molar-refractivity contribution < 1.29 is 15.6 Å². The fourth-order valence-electron chi connectivity index (χ4n) is 1.21. The van der Waals surface area contributed by atoms with E-state index in [4.69, 9.17) is 9.90 Å². The van der Waals surface area contributed by atoms with E-state index in [1.54, 1.807) is 0 Å². The summed E-state index contributed by atoms with van der Waals surface area (Å²) in [7, 11) is 0. The molecular weight excluding hydrogens is 214 g/mol. The number of aliphatic carboxylic acids is 1. The summed E-state index contributed by atoms with van der Waals surface area (Å²) in [4.78, 5) is 9.12. The molecule has 4 heteroatoms. The number of quaternary nitrogens is 1. The number of aryl methyl sites for hydroxylation is 3. The van der Waals surface area contributed by atoms with Crippen LogP contribution in [0.1, 0.15) is 16.7 Å². The first-order valence-electron chi connectivity index (χ1n) is 4.54. The first-order chi connectivity index (χ1) is 6.88. The minimum Gasteiger partial charge on any atom is -0.549 e. The second-order valence-corrected chi connectivity index (χ2v) is 3.65. The maximum absolute atomic E-state index is 9.12. The Morgan fingerprint density at radius 1 is 1.33 bits per heavy atom. The second kappa shape index (κ2) is 6.43. The van der Waals surface area contributed by atoms with E-state index in [0.717, 1.165) is 0 Å². The van der Waals surface area contributed by atoms with Crippen LogP contribution in [0.15, 0.2) is 12.1 Å². The Morgan fingerprint density at radius 3 is 1.93 bits per heavy atom. The van der Waals surface area contributed by atoms with Gasteiger partial charge in [0, 0.05) is 11.1 Å². The summed E-state index contributed by atoms with van der Waals surface area (Å²) in [6.07, 6.45) is 0. The van der Waals surface area contributed by atoms with Crippen molar-refractivity contribution in [1.82, 2.24) is 0 Å². The van der Waals surface area contributed by atoms with E-state index >= 15 is 0 Å². The minimum absolute atomic E-state index is 0.417. The highest BCUT2D eigenvalue weighted by Crippen LogP contribution is 2.15. The molecule has 3 nitrogen and oxygen atoms in total. The lowest BCUT2D eigenvalue weighted by atomic mass is 10.1. The van der Waals surface area contributed by atoms with Crippen LogP contribution >= 0.6 is 11.6 Å². The molecule has 0 saturated carbocycles. The molecular formula is C11H16ClNO2. The van der Waals surface area contributed by atoms with Crippen LogP contribution in [-0.4, -0.2) is 11.8 Å². The van der Waals surface area contributed by atoms with Gasteiger partial charge in [0.15, 0.2) is 0 Å². The smallest absolute Gasteiger partial charge is 0.133 e. The lowest BCUT2D eigenvalue weighted by molar-refractivity contribution is -0.301. The molecule has 15 heavy (non-hydrogen) atoms. The topological polar surface area (TPSA) is 67.8 Å². The van der Waals surface area contributed by atoms with Gasteiger partial charge in [0.25, 0.3) is 0 Å². The Bertz CT molecular complexity index is 327. The molecule has 0 atom stereocenters. The number of carboxylic acid groups (broad SMARTS) is 1. The molecule has 0 saturated heterocycles. The summed E-state index contributed by atoms with van der Waals surface area (Å²) in [6.45, 7) is 6.31. The van der Waals surface area contributed by atoms with Crippen molar-refractivity contribution in [3.8, 4) is 0 Å². The van der Waals surface area contributed by atoms with Gasteiger partial charge in [0.2, 0.25) is 0 Å². The van der Waals surface area contributed by atoms with Gasteiger partial charge in [0.05, 0.1) is 11.8 Å². The number of hydrogen-bond acceptors (Lipinski definition) is 2. The highest BCUT2D eigenvalue weighted by Gasteiger charge is 2.00. The first-order valence-corrected chi connectivity index (χ1v) is 5.07. The molecule has 0 unspecified atom stereocenters. The molecule has 0 amide bonds. The number of halogens is 1. The van der Waals surface area contributed by atoms with Crippen LogP contribution in [0.2, 0.25) is 0 Å². The Hall–Kier alpha value is -1.06. The molecule has 1 aromatic carbocycles. The van der Waals surface area contributed by atoms with Gasteiger partial charge in [0.1, 0.15) is 5.69 Å². The quantitative estimate of drug-likeness (QED) is 0.711. The Balaban J connectivity index is 0.000000336. The maximum Gasteiger partial charge on any atom is 0.133 e. The summed E-state index contributed by atoms with van der Waals surface area (Å²) in [5, 5.41) is 9.12. The molecule has 84 valence electrons. The van der Waals surface area contributed by atoms with Crippen LogP contribution in [-0.2, 0) is 4.79 Å². The number of carbonyl (C=O) groups excluding carboxylic acids is 1. The highest BCUT2D eigenvalue weighted by atomic mass is 35.5. The maximum atomic E-state index is 9.12. The number of carboxylic acids is 1. The third-order valence-electron chi connectivity index (χ3n) is 1.95. The molecule has 1 aromatic rings. The summed E-state index contributed by atoms with van der Waals surface area (Å²) >= 11 is 4.67. The second-order valence-electron chi connectivity index (χ2n) is 3.38. The van der Waals surface area contributed by atoms with Gasteiger partial charge in [-0.2, -0.15) is 0 Å². The van der Waals surface area contributed by atoms with Crippen molar-refractivity contribution in [1.29, 1.82) is 0 Å². The molecule has 3 N–H and O–H groups in total. The molecule has 0 aliphatic carbocycles. The Labute approximate surface area is 94.9 Å². The van der Waals surface area contributed by atoms with Gasteiger partial charge < -0.3 is 15.6 Å². The van der Waals surface area contributed by atoms with E-state index in [1.807, 2.05) is 0 Å². The first kappa shape index (κ1) is 13.9. The standard InChI is InChI=1S/C9H13N.C2H3ClO2/c1-6-4-7(2)9(10)8(3)5-6;3-1-2(4)5/h4-5H,10H2,1-3H3;1H2,(H,4,5). The molecule has 0 aliphatic heterocycles. The van der Waals surface area contributed by atoms with E-state index in [2.05, 4.69) is 50.2 Å². The fraction of sp³-hybridized carbons (Fsp3) is 0.364. The van der Waals surface area contributed by atoms with Crippen molar-refractivity contribution in [2.24, 2.45) is 0 Å². The van der Waals surface area contributed by atoms with Gasteiger partial charge in [-0.3, -0.25) is 0 Å². The molecule has 0 aliphatic rings. The zero-order valence-electron chi connectivity index (χ0n) is 9.26. The predicted octanol–water partition coefficient (Wildman–Crippen LogP) is 0.460. The van der Waals surface area contributed by atoms with Gasteiger partial charge >= 0.3 is 0 Å². The van der Waals surface area contributed by atoms with Crippen molar-refractivity contribution in [2.45, 2.75) is 20.8 Å². The fourth-order valence-corrected chi connectivity index (χ4v) is 1.21. The number of hydrogen-bond donors (Lipinski definition) is 1. The SMILES string of the molecule is Cc1cc(C)c([NH3+])c(C)c1.O=C([O-])CCl. The normalized spacial score (nSPS) is 9.13. The summed E-state index contributed by atoms with van der Waals surface area (Å²) < 4.78 is 0. The zero-order valence-corrected chi connectivity index (χ0v) is 10.0. The lowest BCUT2D eigenvalue weighted by Crippen LogP contribution is -2.42. The lowest BCUT2D eigenvalue weighted by Gasteiger charge is -2.00. The van der Waals surface area contributed by atoms with Crippen LogP contribution in [0.25, 0.3) is 0 Å². The Morgan fingerprint density at radius 2 is 1.67 bits per heavy atom. The van der Waals surface area contributed by atoms with Gasteiger partial charge in [-0.05, 0) is 20.8 Å². The summed E-state index contributed by atoms with van der Waals surface area (Å²) in [5.74, 6) is -1.65. The largest absolute Gasteiger partial charge is 0.549 e. The number of alkyl halides is 1. The molecule has 0 bridgehead atoms. The zero-order chi connectivity index (χ0) is 12.0.